The van der Waals surface area contributed by atoms with Crippen molar-refractivity contribution in [2.45, 2.75) is 64.9 Å². The van der Waals surface area contributed by atoms with Crippen LogP contribution in [0.2, 0.25) is 5.02 Å². The van der Waals surface area contributed by atoms with Crippen LogP contribution < -0.4 is 0 Å². The van der Waals surface area contributed by atoms with Crippen LogP contribution in [0.5, 0.6) is 0 Å². The summed E-state index contributed by atoms with van der Waals surface area (Å²) in [5.41, 5.74) is 1.66. The minimum atomic E-state index is -0.502. The molecule has 0 fully saturated rings. The van der Waals surface area contributed by atoms with Gasteiger partial charge in [-0.2, -0.15) is 0 Å². The lowest BCUT2D eigenvalue weighted by molar-refractivity contribution is 0.0137. The Balaban J connectivity index is 1.99. The Morgan fingerprint density at radius 1 is 1.07 bits per heavy atom. The van der Waals surface area contributed by atoms with Gasteiger partial charge in [-0.1, -0.05) is 54.1 Å². The van der Waals surface area contributed by atoms with E-state index in [1.165, 1.54) is 0 Å². The Bertz CT molecular complexity index is 773. The number of ether oxygens (including phenoxy) is 2. The zero-order chi connectivity index (χ0) is 21.4. The average molecular weight is 418 g/mol. The largest absolute Gasteiger partial charge is 0.444 e. The maximum absolute atomic E-state index is 12.3. The fraction of sp³-hybridized carbons (Fsp3) is 0.458. The Kier molecular flexibility index (Phi) is 8.54. The van der Waals surface area contributed by atoms with Crippen molar-refractivity contribution in [2.75, 3.05) is 7.05 Å². The van der Waals surface area contributed by atoms with Gasteiger partial charge < -0.3 is 14.4 Å². The quantitative estimate of drug-likeness (QED) is 0.483. The summed E-state index contributed by atoms with van der Waals surface area (Å²) in [5, 5.41) is 0.704. The Morgan fingerprint density at radius 3 is 2.38 bits per heavy atom. The number of halogens is 1. The standard InChI is InChI=1S/C24H32ClNO3/c1-18(26(5)23(27)29-24(2,3)4)14-15-22(20-11-7-6-8-12-20)28-17-19-10-9-13-21(25)16-19/h6-13,16,18,22H,14-15,17H2,1-5H3. The normalized spacial score (nSPS) is 13.6. The summed E-state index contributed by atoms with van der Waals surface area (Å²) < 4.78 is 11.7. The zero-order valence-corrected chi connectivity index (χ0v) is 18.8. The van der Waals surface area contributed by atoms with Crippen molar-refractivity contribution in [2.24, 2.45) is 0 Å². The molecule has 4 nitrogen and oxygen atoms in total. The molecule has 2 aromatic rings. The zero-order valence-electron chi connectivity index (χ0n) is 18.0. The maximum Gasteiger partial charge on any atom is 0.410 e. The maximum atomic E-state index is 12.3. The van der Waals surface area contributed by atoms with E-state index in [9.17, 15) is 4.79 Å². The Hall–Kier alpha value is -2.04. The predicted molar refractivity (Wildman–Crippen MR) is 118 cm³/mol. The molecule has 5 heteroatoms. The Labute approximate surface area is 179 Å². The fourth-order valence-electron chi connectivity index (χ4n) is 2.94. The van der Waals surface area contributed by atoms with Crippen LogP contribution in [0.3, 0.4) is 0 Å². The minimum Gasteiger partial charge on any atom is -0.444 e. The first-order valence-electron chi connectivity index (χ1n) is 10.0. The summed E-state index contributed by atoms with van der Waals surface area (Å²) in [6.45, 7) is 8.13. The van der Waals surface area contributed by atoms with E-state index in [1.54, 1.807) is 11.9 Å². The molecular formula is C24H32ClNO3. The first-order valence-corrected chi connectivity index (χ1v) is 10.4. The monoisotopic (exact) mass is 417 g/mol. The third-order valence-corrected chi connectivity index (χ3v) is 4.94. The van der Waals surface area contributed by atoms with Gasteiger partial charge in [-0.05, 0) is 63.8 Å². The molecule has 0 aliphatic rings. The van der Waals surface area contributed by atoms with Crippen molar-refractivity contribution in [1.29, 1.82) is 0 Å². The lowest BCUT2D eigenvalue weighted by atomic mass is 10.0. The predicted octanol–water partition coefficient (Wildman–Crippen LogP) is 6.63. The molecule has 0 aromatic heterocycles. The van der Waals surface area contributed by atoms with Crippen LogP contribution in [0, 0.1) is 0 Å². The summed E-state index contributed by atoms with van der Waals surface area (Å²) in [4.78, 5) is 14.0. The molecule has 158 valence electrons. The molecule has 0 spiro atoms. The van der Waals surface area contributed by atoms with Crippen LogP contribution in [-0.2, 0) is 16.1 Å². The molecule has 29 heavy (non-hydrogen) atoms. The van der Waals surface area contributed by atoms with Crippen molar-refractivity contribution in [3.63, 3.8) is 0 Å². The van der Waals surface area contributed by atoms with Gasteiger partial charge in [0.2, 0.25) is 0 Å². The molecule has 2 rings (SSSR count). The van der Waals surface area contributed by atoms with Gasteiger partial charge in [-0.25, -0.2) is 4.79 Å². The molecule has 2 atom stereocenters. The number of nitrogens with zero attached hydrogens (tertiary/aromatic N) is 1. The fourth-order valence-corrected chi connectivity index (χ4v) is 3.15. The van der Waals surface area contributed by atoms with Crippen molar-refractivity contribution < 1.29 is 14.3 Å². The molecule has 1 amide bonds. The highest BCUT2D eigenvalue weighted by Gasteiger charge is 2.24. The SMILES string of the molecule is CC(CCC(OCc1cccc(Cl)c1)c1ccccc1)N(C)C(=O)OC(C)(C)C. The molecule has 0 radical (unpaired) electrons. The summed E-state index contributed by atoms with van der Waals surface area (Å²) in [6, 6.07) is 17.9. The van der Waals surface area contributed by atoms with Gasteiger partial charge in [-0.15, -0.1) is 0 Å². The molecule has 0 bridgehead atoms. The molecule has 0 saturated carbocycles. The van der Waals surface area contributed by atoms with E-state index in [2.05, 4.69) is 12.1 Å². The highest BCUT2D eigenvalue weighted by Crippen LogP contribution is 2.26. The van der Waals surface area contributed by atoms with E-state index in [1.807, 2.05) is 70.2 Å². The van der Waals surface area contributed by atoms with E-state index >= 15 is 0 Å². The van der Waals surface area contributed by atoms with Crippen LogP contribution in [0.1, 0.15) is 57.8 Å². The van der Waals surface area contributed by atoms with Crippen LogP contribution in [0.15, 0.2) is 54.6 Å². The lowest BCUT2D eigenvalue weighted by Gasteiger charge is -2.29. The number of hydrogen-bond donors (Lipinski definition) is 0. The highest BCUT2D eigenvalue weighted by atomic mass is 35.5. The van der Waals surface area contributed by atoms with Gasteiger partial charge >= 0.3 is 6.09 Å². The summed E-state index contributed by atoms with van der Waals surface area (Å²) in [6.07, 6.45) is 1.22. The molecule has 0 heterocycles. The second-order valence-corrected chi connectivity index (χ2v) is 8.79. The number of carbonyl (C=O) groups excluding carboxylic acids is 1. The summed E-state index contributed by atoms with van der Waals surface area (Å²) in [7, 11) is 1.78. The van der Waals surface area contributed by atoms with Crippen LogP contribution in [0.4, 0.5) is 4.79 Å². The average Bonchev–Trinajstić information content (AvgIpc) is 2.66. The smallest absolute Gasteiger partial charge is 0.410 e. The summed E-state index contributed by atoms with van der Waals surface area (Å²) in [5.74, 6) is 0. The number of rotatable bonds is 8. The van der Waals surface area contributed by atoms with Crippen LogP contribution >= 0.6 is 11.6 Å². The first kappa shape index (κ1) is 23.2. The molecule has 0 saturated heterocycles. The van der Waals surface area contributed by atoms with E-state index in [4.69, 9.17) is 21.1 Å². The third-order valence-electron chi connectivity index (χ3n) is 4.70. The second kappa shape index (κ2) is 10.7. The molecule has 0 aliphatic heterocycles. The summed E-state index contributed by atoms with van der Waals surface area (Å²) >= 11 is 6.09. The first-order chi connectivity index (χ1) is 13.7. The van der Waals surface area contributed by atoms with Gasteiger partial charge in [0.05, 0.1) is 12.7 Å². The van der Waals surface area contributed by atoms with Gasteiger partial charge in [0, 0.05) is 18.1 Å². The van der Waals surface area contributed by atoms with Crippen molar-refractivity contribution in [3.05, 3.63) is 70.7 Å². The lowest BCUT2D eigenvalue weighted by Crippen LogP contribution is -2.39. The van der Waals surface area contributed by atoms with E-state index in [0.29, 0.717) is 11.6 Å². The highest BCUT2D eigenvalue weighted by molar-refractivity contribution is 6.30. The molecule has 2 aromatic carbocycles. The Morgan fingerprint density at radius 2 is 1.76 bits per heavy atom. The number of carbonyl (C=O) groups is 1. The molecule has 2 unspecified atom stereocenters. The minimum absolute atomic E-state index is 0.0332. The van der Waals surface area contributed by atoms with Crippen molar-refractivity contribution in [3.8, 4) is 0 Å². The molecule has 0 N–H and O–H groups in total. The second-order valence-electron chi connectivity index (χ2n) is 8.36. The third kappa shape index (κ3) is 8.08. The number of hydrogen-bond acceptors (Lipinski definition) is 3. The van der Waals surface area contributed by atoms with E-state index in [-0.39, 0.29) is 18.2 Å². The number of amides is 1. The molecular weight excluding hydrogens is 386 g/mol. The van der Waals surface area contributed by atoms with E-state index in [0.717, 1.165) is 24.0 Å². The molecule has 0 aliphatic carbocycles. The number of benzene rings is 2. The van der Waals surface area contributed by atoms with Crippen LogP contribution in [0.25, 0.3) is 0 Å². The van der Waals surface area contributed by atoms with E-state index < -0.39 is 5.60 Å². The van der Waals surface area contributed by atoms with Gasteiger partial charge in [0.1, 0.15) is 5.60 Å². The van der Waals surface area contributed by atoms with Crippen LogP contribution in [-0.4, -0.2) is 29.7 Å². The van der Waals surface area contributed by atoms with Crippen molar-refractivity contribution in [1.82, 2.24) is 4.90 Å². The van der Waals surface area contributed by atoms with Gasteiger partial charge in [-0.3, -0.25) is 0 Å². The van der Waals surface area contributed by atoms with Gasteiger partial charge in [0.15, 0.2) is 0 Å². The van der Waals surface area contributed by atoms with Crippen molar-refractivity contribution >= 4 is 17.7 Å². The van der Waals surface area contributed by atoms with Gasteiger partial charge in [0.25, 0.3) is 0 Å². The topological polar surface area (TPSA) is 38.8 Å².